The molecule has 1 aliphatic heterocycles. The molecular formula is C20H22N6O5. The normalized spacial score (nSPS) is 23.1. The first-order chi connectivity index (χ1) is 14.9. The van der Waals surface area contributed by atoms with Crippen LogP contribution in [0.4, 0.5) is 10.5 Å². The number of imidazole rings is 1. The molecule has 0 spiro atoms. The number of hydrogen-bond donors (Lipinski definition) is 5. The lowest BCUT2D eigenvalue weighted by atomic mass is 10.1. The number of fused-ring (bicyclic) bond motifs is 1. The first-order valence-electron chi connectivity index (χ1n) is 9.60. The molecule has 0 saturated carbocycles. The van der Waals surface area contributed by atoms with Crippen molar-refractivity contribution in [1.29, 1.82) is 0 Å². The zero-order valence-electron chi connectivity index (χ0n) is 16.6. The molecule has 0 aliphatic carbocycles. The lowest BCUT2D eigenvalue weighted by molar-refractivity contribution is -0.0335. The fourth-order valence-corrected chi connectivity index (χ4v) is 3.50. The van der Waals surface area contributed by atoms with Crippen molar-refractivity contribution in [2.24, 2.45) is 0 Å². The van der Waals surface area contributed by atoms with Crippen molar-refractivity contribution >= 4 is 28.8 Å². The summed E-state index contributed by atoms with van der Waals surface area (Å²) >= 11 is 0. The number of nitrogen functional groups attached to an aromatic ring is 1. The highest BCUT2D eigenvalue weighted by molar-refractivity contribution is 6.05. The molecule has 3 heterocycles. The molecule has 6 N–H and O–H groups in total. The second-order valence-electron chi connectivity index (χ2n) is 7.25. The van der Waals surface area contributed by atoms with Crippen LogP contribution in [0, 0.1) is 6.92 Å². The largest absolute Gasteiger partial charge is 0.397 e. The number of aromatic nitrogens is 3. The monoisotopic (exact) mass is 426 g/mol. The fraction of sp³-hybridized carbons (Fsp3) is 0.300. The van der Waals surface area contributed by atoms with E-state index in [4.69, 9.17) is 10.5 Å². The molecule has 4 rings (SSSR count). The second-order valence-corrected chi connectivity index (χ2v) is 7.25. The van der Waals surface area contributed by atoms with E-state index in [0.29, 0.717) is 22.4 Å². The molecule has 1 fully saturated rings. The van der Waals surface area contributed by atoms with Gasteiger partial charge in [0, 0.05) is 18.3 Å². The Kier molecular flexibility index (Phi) is 5.55. The van der Waals surface area contributed by atoms with Crippen LogP contribution in [0.2, 0.25) is 0 Å². The smallest absolute Gasteiger partial charge is 0.321 e. The highest BCUT2D eigenvalue weighted by atomic mass is 16.6. The van der Waals surface area contributed by atoms with Crippen LogP contribution < -0.4 is 16.4 Å². The summed E-state index contributed by atoms with van der Waals surface area (Å²) in [5.74, 6) is -0.546. The number of urea groups is 1. The molecule has 0 bridgehead atoms. The maximum atomic E-state index is 12.2. The number of pyridine rings is 1. The van der Waals surface area contributed by atoms with E-state index in [1.807, 2.05) is 0 Å². The Balaban J connectivity index is 1.39. The van der Waals surface area contributed by atoms with E-state index in [2.05, 4.69) is 20.6 Å². The van der Waals surface area contributed by atoms with Gasteiger partial charge in [-0.15, -0.1) is 0 Å². The van der Waals surface area contributed by atoms with Crippen molar-refractivity contribution in [2.45, 2.75) is 31.5 Å². The average Bonchev–Trinajstić information content (AvgIpc) is 3.29. The molecule has 3 amide bonds. The number of anilines is 1. The van der Waals surface area contributed by atoms with Gasteiger partial charge >= 0.3 is 6.03 Å². The topological polar surface area (TPSA) is 165 Å². The van der Waals surface area contributed by atoms with Crippen LogP contribution >= 0.6 is 0 Å². The zero-order chi connectivity index (χ0) is 22.1. The number of rotatable bonds is 4. The summed E-state index contributed by atoms with van der Waals surface area (Å²) in [7, 11) is 0. The lowest BCUT2D eigenvalue weighted by Gasteiger charge is -2.16. The summed E-state index contributed by atoms with van der Waals surface area (Å²) in [4.78, 5) is 32.7. The van der Waals surface area contributed by atoms with Crippen LogP contribution in [0.5, 0.6) is 0 Å². The maximum absolute atomic E-state index is 12.2. The van der Waals surface area contributed by atoms with E-state index in [1.54, 1.807) is 37.3 Å². The minimum atomic E-state index is -1.29. The number of aryl methyl sites for hydroxylation is 1. The van der Waals surface area contributed by atoms with Gasteiger partial charge in [0.05, 0.1) is 12.0 Å². The van der Waals surface area contributed by atoms with E-state index in [1.165, 1.54) is 17.1 Å². The van der Waals surface area contributed by atoms with Gasteiger partial charge < -0.3 is 26.0 Å². The fourth-order valence-electron chi connectivity index (χ4n) is 3.50. The number of carbonyl (C=O) groups excluding carboxylic acids is 2. The Hall–Kier alpha value is -3.54. The predicted octanol–water partition coefficient (Wildman–Crippen LogP) is 0.0807. The average molecular weight is 426 g/mol. The minimum absolute atomic E-state index is 0.135. The molecule has 1 aromatic carbocycles. The van der Waals surface area contributed by atoms with Crippen LogP contribution in [0.1, 0.15) is 22.1 Å². The Morgan fingerprint density at radius 1 is 1.19 bits per heavy atom. The molecule has 2 aromatic heterocycles. The molecule has 31 heavy (non-hydrogen) atoms. The molecule has 11 nitrogen and oxygen atoms in total. The van der Waals surface area contributed by atoms with Gasteiger partial charge in [0.25, 0.3) is 5.91 Å². The van der Waals surface area contributed by atoms with E-state index < -0.39 is 36.5 Å². The Bertz CT molecular complexity index is 1130. The molecule has 3 aromatic rings. The maximum Gasteiger partial charge on any atom is 0.321 e. The Labute approximate surface area is 176 Å². The molecule has 0 radical (unpaired) electrons. The highest BCUT2D eigenvalue weighted by Gasteiger charge is 2.44. The molecule has 11 heteroatoms. The van der Waals surface area contributed by atoms with Crippen LogP contribution in [-0.2, 0) is 4.74 Å². The first kappa shape index (κ1) is 20.7. The van der Waals surface area contributed by atoms with Crippen molar-refractivity contribution in [3.8, 4) is 0 Å². The van der Waals surface area contributed by atoms with Gasteiger partial charge in [0.15, 0.2) is 11.9 Å². The van der Waals surface area contributed by atoms with Gasteiger partial charge in [0.2, 0.25) is 0 Å². The molecule has 1 saturated heterocycles. The van der Waals surface area contributed by atoms with Crippen molar-refractivity contribution in [3.05, 3.63) is 54.0 Å². The molecule has 4 atom stereocenters. The van der Waals surface area contributed by atoms with Crippen LogP contribution in [-0.4, -0.2) is 61.5 Å². The second kappa shape index (κ2) is 8.30. The van der Waals surface area contributed by atoms with Crippen molar-refractivity contribution in [1.82, 2.24) is 25.2 Å². The van der Waals surface area contributed by atoms with Crippen molar-refractivity contribution < 1.29 is 24.5 Å². The van der Waals surface area contributed by atoms with Gasteiger partial charge in [-0.25, -0.2) is 14.8 Å². The van der Waals surface area contributed by atoms with Crippen LogP contribution in [0.15, 0.2) is 42.9 Å². The highest BCUT2D eigenvalue weighted by Crippen LogP contribution is 2.31. The summed E-state index contributed by atoms with van der Waals surface area (Å²) in [5.41, 5.74) is 8.25. The van der Waals surface area contributed by atoms with Crippen LogP contribution in [0.25, 0.3) is 11.2 Å². The third kappa shape index (κ3) is 3.93. The van der Waals surface area contributed by atoms with E-state index in [9.17, 15) is 19.8 Å². The van der Waals surface area contributed by atoms with E-state index in [-0.39, 0.29) is 6.54 Å². The van der Waals surface area contributed by atoms with Gasteiger partial charge in [0.1, 0.15) is 23.8 Å². The van der Waals surface area contributed by atoms with Gasteiger partial charge in [-0.05, 0) is 24.6 Å². The van der Waals surface area contributed by atoms with Gasteiger partial charge in [-0.3, -0.25) is 14.7 Å². The first-order valence-corrected chi connectivity index (χ1v) is 9.60. The molecule has 1 unspecified atom stereocenters. The lowest BCUT2D eigenvalue weighted by Crippen LogP contribution is -2.45. The number of hydrogen-bond acceptors (Lipinski definition) is 8. The summed E-state index contributed by atoms with van der Waals surface area (Å²) in [6.07, 6.45) is -1.55. The summed E-state index contributed by atoms with van der Waals surface area (Å²) in [6.45, 7) is 1.63. The number of ether oxygens (including phenoxy) is 1. The number of carbonyl (C=O) groups is 2. The molecular weight excluding hydrogens is 404 g/mol. The standard InChI is InChI=1S/C20H22N6O5/c1-10-4-2-3-5-11(10)18(29)25-20(30)23-8-13-15(27)16(28)19(31-13)26-9-24-14-12(21)6-7-22-17(14)26/h2-7,9,13,15-16,19,27-28H,8H2,1H3,(H2,21,22)(H2,23,25,29,30)/t13-,15+,16?,19-/m1/s1. The molecule has 162 valence electrons. The molecule has 1 aliphatic rings. The number of benzene rings is 1. The summed E-state index contributed by atoms with van der Waals surface area (Å²) in [5, 5.41) is 25.5. The number of amides is 3. The number of nitrogens with two attached hydrogens (primary N) is 1. The number of nitrogens with zero attached hydrogens (tertiary/aromatic N) is 3. The van der Waals surface area contributed by atoms with Crippen LogP contribution in [0.3, 0.4) is 0 Å². The van der Waals surface area contributed by atoms with Crippen molar-refractivity contribution in [2.75, 3.05) is 12.3 Å². The Morgan fingerprint density at radius 3 is 2.74 bits per heavy atom. The zero-order valence-corrected chi connectivity index (χ0v) is 16.6. The van der Waals surface area contributed by atoms with E-state index >= 15 is 0 Å². The van der Waals surface area contributed by atoms with Gasteiger partial charge in [-0.1, -0.05) is 18.2 Å². The SMILES string of the molecule is Cc1ccccc1C(=O)NC(=O)NC[C@H]1O[C@@H](n2cnc3c(N)ccnc32)C(O)[C@H]1O. The quantitative estimate of drug-likeness (QED) is 0.391. The summed E-state index contributed by atoms with van der Waals surface area (Å²) in [6, 6.07) is 7.72. The predicted molar refractivity (Wildman–Crippen MR) is 110 cm³/mol. The number of aliphatic hydroxyl groups excluding tert-OH is 2. The number of aliphatic hydroxyl groups is 2. The Morgan fingerprint density at radius 2 is 1.97 bits per heavy atom. The van der Waals surface area contributed by atoms with Gasteiger partial charge in [-0.2, -0.15) is 0 Å². The van der Waals surface area contributed by atoms with E-state index in [0.717, 1.165) is 5.56 Å². The number of nitrogens with one attached hydrogen (secondary N) is 2. The third-order valence-electron chi connectivity index (χ3n) is 5.18. The van der Waals surface area contributed by atoms with Crippen molar-refractivity contribution in [3.63, 3.8) is 0 Å². The summed E-state index contributed by atoms with van der Waals surface area (Å²) < 4.78 is 7.23. The minimum Gasteiger partial charge on any atom is -0.397 e. The number of imide groups is 1. The third-order valence-corrected chi connectivity index (χ3v) is 5.18.